The standard InChI is InChI=1S/C19H18FN3O4S/c1-9-14(18(25)26-4)10(2)21-15(9)16(24)11(3)28-19-23-22-17(27-19)12-7-5-6-8-13(12)20/h5-8,11,21H,1-4H3/t11-/m0/s1. The van der Waals surface area contributed by atoms with Crippen LogP contribution in [0.15, 0.2) is 33.9 Å². The van der Waals surface area contributed by atoms with Crippen LogP contribution in [0, 0.1) is 19.7 Å². The third-order valence-corrected chi connectivity index (χ3v) is 5.17. The molecule has 7 nitrogen and oxygen atoms in total. The van der Waals surface area contributed by atoms with Gasteiger partial charge in [-0.25, -0.2) is 9.18 Å². The zero-order valence-corrected chi connectivity index (χ0v) is 16.5. The van der Waals surface area contributed by atoms with Gasteiger partial charge in [-0.05, 0) is 38.5 Å². The number of nitrogens with one attached hydrogen (secondary N) is 1. The first kappa shape index (κ1) is 19.8. The van der Waals surface area contributed by atoms with E-state index < -0.39 is 17.0 Å². The van der Waals surface area contributed by atoms with Crippen molar-refractivity contribution < 1.29 is 23.1 Å². The number of carbonyl (C=O) groups excluding carboxylic acids is 2. The monoisotopic (exact) mass is 403 g/mol. The molecule has 1 aromatic carbocycles. The smallest absolute Gasteiger partial charge is 0.339 e. The molecular weight excluding hydrogens is 385 g/mol. The predicted octanol–water partition coefficient (Wildman–Crippen LogP) is 3.97. The van der Waals surface area contributed by atoms with Crippen LogP contribution < -0.4 is 0 Å². The van der Waals surface area contributed by atoms with Gasteiger partial charge in [0.05, 0.1) is 29.2 Å². The lowest BCUT2D eigenvalue weighted by Gasteiger charge is -2.07. The molecule has 0 radical (unpaired) electrons. The topological polar surface area (TPSA) is 98.1 Å². The number of nitrogens with zero attached hydrogens (tertiary/aromatic N) is 2. The Bertz CT molecular complexity index is 1040. The van der Waals surface area contributed by atoms with Crippen LogP contribution in [0.4, 0.5) is 4.39 Å². The lowest BCUT2D eigenvalue weighted by atomic mass is 10.1. The number of carbonyl (C=O) groups is 2. The van der Waals surface area contributed by atoms with E-state index in [4.69, 9.17) is 9.15 Å². The van der Waals surface area contributed by atoms with Gasteiger partial charge in [-0.3, -0.25) is 4.79 Å². The van der Waals surface area contributed by atoms with E-state index in [9.17, 15) is 14.0 Å². The Kier molecular flexibility index (Phi) is 5.64. The normalized spacial score (nSPS) is 12.0. The summed E-state index contributed by atoms with van der Waals surface area (Å²) in [7, 11) is 1.29. The lowest BCUT2D eigenvalue weighted by Crippen LogP contribution is -2.15. The molecule has 0 saturated carbocycles. The third-order valence-electron chi connectivity index (χ3n) is 4.23. The second-order valence-electron chi connectivity index (χ2n) is 6.09. The second-order valence-corrected chi connectivity index (χ2v) is 7.39. The van der Waals surface area contributed by atoms with Crippen molar-refractivity contribution in [1.82, 2.24) is 15.2 Å². The number of Topliss-reactive ketones (excluding diaryl/α,β-unsaturated/α-hetero) is 1. The van der Waals surface area contributed by atoms with Crippen LogP contribution in [-0.2, 0) is 4.74 Å². The number of aryl methyl sites for hydroxylation is 1. The summed E-state index contributed by atoms with van der Waals surface area (Å²) in [6.07, 6.45) is 0. The van der Waals surface area contributed by atoms with Crippen LogP contribution >= 0.6 is 11.8 Å². The first-order valence-corrected chi connectivity index (χ1v) is 9.28. The highest BCUT2D eigenvalue weighted by Gasteiger charge is 2.27. The minimum absolute atomic E-state index is 0.0418. The van der Waals surface area contributed by atoms with Gasteiger partial charge in [0.1, 0.15) is 5.82 Å². The Hall–Kier alpha value is -2.94. The van der Waals surface area contributed by atoms with Gasteiger partial charge in [0.15, 0.2) is 5.78 Å². The van der Waals surface area contributed by atoms with E-state index >= 15 is 0 Å². The van der Waals surface area contributed by atoms with Crippen molar-refractivity contribution in [3.63, 3.8) is 0 Å². The van der Waals surface area contributed by atoms with Crippen LogP contribution in [0.2, 0.25) is 0 Å². The fraction of sp³-hybridized carbons (Fsp3) is 0.263. The van der Waals surface area contributed by atoms with Crippen molar-refractivity contribution in [2.45, 2.75) is 31.2 Å². The van der Waals surface area contributed by atoms with Crippen LogP contribution in [0.1, 0.15) is 39.0 Å². The van der Waals surface area contributed by atoms with Gasteiger partial charge in [-0.15, -0.1) is 10.2 Å². The van der Waals surface area contributed by atoms with Crippen molar-refractivity contribution in [3.8, 4) is 11.5 Å². The Morgan fingerprint density at radius 2 is 1.96 bits per heavy atom. The van der Waals surface area contributed by atoms with Gasteiger partial charge >= 0.3 is 5.97 Å². The molecule has 9 heteroatoms. The Labute approximate surface area is 164 Å². The predicted molar refractivity (Wildman–Crippen MR) is 101 cm³/mol. The van der Waals surface area contributed by atoms with Crippen LogP contribution in [-0.4, -0.2) is 39.3 Å². The Morgan fingerprint density at radius 1 is 1.25 bits per heavy atom. The average molecular weight is 403 g/mol. The zero-order chi connectivity index (χ0) is 20.4. The number of rotatable bonds is 6. The van der Waals surface area contributed by atoms with Crippen molar-refractivity contribution in [1.29, 1.82) is 0 Å². The van der Waals surface area contributed by atoms with Gasteiger partial charge in [0.2, 0.25) is 0 Å². The molecule has 2 heterocycles. The summed E-state index contributed by atoms with van der Waals surface area (Å²) < 4.78 is 24.1. The molecule has 1 atom stereocenters. The van der Waals surface area contributed by atoms with E-state index in [1.54, 1.807) is 32.9 Å². The zero-order valence-electron chi connectivity index (χ0n) is 15.7. The van der Waals surface area contributed by atoms with Gasteiger partial charge < -0.3 is 14.1 Å². The van der Waals surface area contributed by atoms with Crippen molar-refractivity contribution >= 4 is 23.5 Å². The van der Waals surface area contributed by atoms with E-state index in [2.05, 4.69) is 15.2 Å². The lowest BCUT2D eigenvalue weighted by molar-refractivity contribution is 0.0599. The summed E-state index contributed by atoms with van der Waals surface area (Å²) >= 11 is 1.06. The Morgan fingerprint density at radius 3 is 2.64 bits per heavy atom. The fourth-order valence-electron chi connectivity index (χ4n) is 2.81. The number of aromatic nitrogens is 3. The molecule has 3 aromatic rings. The molecule has 146 valence electrons. The van der Waals surface area contributed by atoms with Gasteiger partial charge in [-0.2, -0.15) is 0 Å². The molecule has 0 bridgehead atoms. The summed E-state index contributed by atoms with van der Waals surface area (Å²) in [6.45, 7) is 5.07. The molecule has 2 aromatic heterocycles. The largest absolute Gasteiger partial charge is 0.465 e. The quantitative estimate of drug-likeness (QED) is 0.378. The maximum atomic E-state index is 13.8. The second kappa shape index (κ2) is 7.97. The highest BCUT2D eigenvalue weighted by molar-refractivity contribution is 8.00. The number of aromatic amines is 1. The van der Waals surface area contributed by atoms with Gasteiger partial charge in [0, 0.05) is 5.69 Å². The van der Waals surface area contributed by atoms with Gasteiger partial charge in [0.25, 0.3) is 11.1 Å². The molecule has 0 aliphatic rings. The molecule has 0 amide bonds. The average Bonchev–Trinajstić information content (AvgIpc) is 3.25. The first-order chi connectivity index (χ1) is 13.3. The van der Waals surface area contributed by atoms with E-state index in [0.717, 1.165) is 11.8 Å². The number of benzene rings is 1. The molecule has 0 spiro atoms. The van der Waals surface area contributed by atoms with Crippen molar-refractivity contribution in [2.75, 3.05) is 7.11 Å². The molecule has 0 fully saturated rings. The van der Waals surface area contributed by atoms with E-state index in [0.29, 0.717) is 22.5 Å². The number of ketones is 1. The number of methoxy groups -OCH3 is 1. The summed E-state index contributed by atoms with van der Waals surface area (Å²) in [4.78, 5) is 27.7. The number of thioether (sulfide) groups is 1. The summed E-state index contributed by atoms with van der Waals surface area (Å²) in [5.74, 6) is -1.16. The molecule has 3 rings (SSSR count). The maximum Gasteiger partial charge on any atom is 0.339 e. The maximum absolute atomic E-state index is 13.8. The molecule has 1 N–H and O–H groups in total. The molecule has 28 heavy (non-hydrogen) atoms. The molecule has 0 saturated heterocycles. The summed E-state index contributed by atoms with van der Waals surface area (Å²) in [6, 6.07) is 6.06. The van der Waals surface area contributed by atoms with Gasteiger partial charge in [-0.1, -0.05) is 23.9 Å². The fourth-order valence-corrected chi connectivity index (χ4v) is 3.56. The first-order valence-electron chi connectivity index (χ1n) is 8.40. The number of halogens is 1. The third kappa shape index (κ3) is 3.70. The molecule has 0 aliphatic heterocycles. The minimum Gasteiger partial charge on any atom is -0.465 e. The molecule has 0 aliphatic carbocycles. The highest BCUT2D eigenvalue weighted by Crippen LogP contribution is 2.30. The van der Waals surface area contributed by atoms with Crippen LogP contribution in [0.3, 0.4) is 0 Å². The number of ether oxygens (including phenoxy) is 1. The van der Waals surface area contributed by atoms with Crippen molar-refractivity contribution in [2.24, 2.45) is 0 Å². The summed E-state index contributed by atoms with van der Waals surface area (Å²) in [5.41, 5.74) is 1.96. The number of hydrogen-bond donors (Lipinski definition) is 1. The highest BCUT2D eigenvalue weighted by atomic mass is 32.2. The number of hydrogen-bond acceptors (Lipinski definition) is 7. The van der Waals surface area contributed by atoms with Crippen molar-refractivity contribution in [3.05, 3.63) is 52.6 Å². The molecular formula is C19H18FN3O4S. The minimum atomic E-state index is -0.573. The Balaban J connectivity index is 1.79. The SMILES string of the molecule is COC(=O)c1c(C)[nH]c(C(=O)[C@H](C)Sc2nnc(-c3ccccc3F)o2)c1C. The van der Waals surface area contributed by atoms with Crippen LogP contribution in [0.25, 0.3) is 11.5 Å². The number of esters is 1. The number of H-pyrrole nitrogens is 1. The van der Waals surface area contributed by atoms with E-state index in [-0.39, 0.29) is 22.5 Å². The van der Waals surface area contributed by atoms with E-state index in [1.165, 1.54) is 19.2 Å². The van der Waals surface area contributed by atoms with Crippen LogP contribution in [0.5, 0.6) is 0 Å². The van der Waals surface area contributed by atoms with E-state index in [1.807, 2.05) is 0 Å². The summed E-state index contributed by atoms with van der Waals surface area (Å²) in [5, 5.41) is 7.30. The molecule has 0 unspecified atom stereocenters.